The van der Waals surface area contributed by atoms with Crippen molar-refractivity contribution < 1.29 is 9.53 Å². The molecule has 1 unspecified atom stereocenters. The van der Waals surface area contributed by atoms with Crippen LogP contribution in [-0.4, -0.2) is 68.2 Å². The highest BCUT2D eigenvalue weighted by Gasteiger charge is 2.25. The second-order valence-electron chi connectivity index (χ2n) is 6.95. The summed E-state index contributed by atoms with van der Waals surface area (Å²) in [5.41, 5.74) is 1.21. The third-order valence-corrected chi connectivity index (χ3v) is 5.24. The number of nitrogens with zero attached hydrogens (tertiary/aromatic N) is 2. The molecule has 2 aliphatic rings. The molecular weight excluding hydrogens is 338 g/mol. The topological polar surface area (TPSA) is 44.8 Å². The summed E-state index contributed by atoms with van der Waals surface area (Å²) >= 11 is 6.07. The van der Waals surface area contributed by atoms with Crippen molar-refractivity contribution in [1.29, 1.82) is 0 Å². The number of morpholine rings is 1. The zero-order chi connectivity index (χ0) is 17.5. The van der Waals surface area contributed by atoms with Crippen LogP contribution >= 0.6 is 11.6 Å². The zero-order valence-electron chi connectivity index (χ0n) is 14.8. The summed E-state index contributed by atoms with van der Waals surface area (Å²) in [5, 5.41) is 3.89. The van der Waals surface area contributed by atoms with Crippen molar-refractivity contribution in [2.24, 2.45) is 5.92 Å². The second kappa shape index (κ2) is 9.53. The lowest BCUT2D eigenvalue weighted by atomic mass is 9.96. The Morgan fingerprint density at radius 1 is 1.24 bits per heavy atom. The highest BCUT2D eigenvalue weighted by molar-refractivity contribution is 6.30. The van der Waals surface area contributed by atoms with Crippen molar-refractivity contribution in [3.05, 3.63) is 34.9 Å². The molecule has 1 N–H and O–H groups in total. The van der Waals surface area contributed by atoms with Crippen molar-refractivity contribution in [3.63, 3.8) is 0 Å². The van der Waals surface area contributed by atoms with E-state index in [0.717, 1.165) is 76.9 Å². The first-order valence-electron chi connectivity index (χ1n) is 9.25. The molecule has 1 aromatic carbocycles. The molecule has 1 amide bonds. The van der Waals surface area contributed by atoms with Gasteiger partial charge in [-0.05, 0) is 37.1 Å². The quantitative estimate of drug-likeness (QED) is 0.837. The minimum absolute atomic E-state index is 0.0950. The molecule has 0 radical (unpaired) electrons. The predicted octanol–water partition coefficient (Wildman–Crippen LogP) is 2.00. The normalized spacial score (nSPS) is 22.7. The number of amides is 1. The summed E-state index contributed by atoms with van der Waals surface area (Å²) in [7, 11) is 0. The lowest BCUT2D eigenvalue weighted by molar-refractivity contribution is -0.126. The van der Waals surface area contributed by atoms with E-state index in [9.17, 15) is 4.79 Å². The lowest BCUT2D eigenvalue weighted by Gasteiger charge is -2.32. The molecule has 1 atom stereocenters. The number of nitrogens with one attached hydrogen (secondary N) is 1. The molecule has 0 aromatic heterocycles. The number of piperidine rings is 1. The van der Waals surface area contributed by atoms with Crippen LogP contribution in [0, 0.1) is 5.92 Å². The summed E-state index contributed by atoms with van der Waals surface area (Å²) in [6.07, 6.45) is 2.05. The number of halogens is 1. The van der Waals surface area contributed by atoms with Crippen LogP contribution in [0.3, 0.4) is 0 Å². The molecular formula is C19H28ClN3O2. The Bertz CT molecular complexity index is 563. The van der Waals surface area contributed by atoms with Gasteiger partial charge in [-0.1, -0.05) is 23.7 Å². The van der Waals surface area contributed by atoms with Crippen LogP contribution in [0.4, 0.5) is 0 Å². The Kier molecular flexibility index (Phi) is 7.11. The molecule has 2 saturated heterocycles. The number of likely N-dealkylation sites (tertiary alicyclic amines) is 1. The zero-order valence-corrected chi connectivity index (χ0v) is 15.5. The number of carbonyl (C=O) groups excluding carboxylic acids is 1. The van der Waals surface area contributed by atoms with Crippen LogP contribution in [0.5, 0.6) is 0 Å². The van der Waals surface area contributed by atoms with Crippen LogP contribution in [-0.2, 0) is 16.1 Å². The lowest BCUT2D eigenvalue weighted by Crippen LogP contribution is -2.45. The fourth-order valence-electron chi connectivity index (χ4n) is 3.61. The standard InChI is InChI=1S/C19H28ClN3O2/c20-18-5-1-3-16(13-18)14-23-7-2-4-17(15-23)19(24)21-6-8-22-9-11-25-12-10-22/h1,3,5,13,17H,2,4,6-12,14-15H2,(H,21,24). The van der Waals surface area contributed by atoms with Gasteiger partial charge in [-0.2, -0.15) is 0 Å². The van der Waals surface area contributed by atoms with Crippen molar-refractivity contribution >= 4 is 17.5 Å². The van der Waals surface area contributed by atoms with Crippen LogP contribution in [0.2, 0.25) is 5.02 Å². The maximum Gasteiger partial charge on any atom is 0.224 e. The van der Waals surface area contributed by atoms with E-state index < -0.39 is 0 Å². The summed E-state index contributed by atoms with van der Waals surface area (Å²) in [6.45, 7) is 7.90. The Balaban J connectivity index is 1.41. The average molecular weight is 366 g/mol. The Hall–Kier alpha value is -1.14. The van der Waals surface area contributed by atoms with Crippen LogP contribution < -0.4 is 5.32 Å². The molecule has 0 aliphatic carbocycles. The van der Waals surface area contributed by atoms with Crippen molar-refractivity contribution in [2.45, 2.75) is 19.4 Å². The average Bonchev–Trinajstić information content (AvgIpc) is 2.63. The summed E-state index contributed by atoms with van der Waals surface area (Å²) in [4.78, 5) is 17.2. The smallest absolute Gasteiger partial charge is 0.224 e. The summed E-state index contributed by atoms with van der Waals surface area (Å²) in [5.74, 6) is 0.293. The van der Waals surface area contributed by atoms with Gasteiger partial charge in [0, 0.05) is 44.3 Å². The van der Waals surface area contributed by atoms with Crippen LogP contribution in [0.25, 0.3) is 0 Å². The number of hydrogen-bond donors (Lipinski definition) is 1. The van der Waals surface area contributed by atoms with E-state index in [-0.39, 0.29) is 11.8 Å². The van der Waals surface area contributed by atoms with E-state index in [4.69, 9.17) is 16.3 Å². The Labute approximate surface area is 155 Å². The number of ether oxygens (including phenoxy) is 1. The summed E-state index contributed by atoms with van der Waals surface area (Å²) < 4.78 is 5.35. The number of rotatable bonds is 6. The summed E-state index contributed by atoms with van der Waals surface area (Å²) in [6, 6.07) is 7.98. The van der Waals surface area contributed by atoms with Gasteiger partial charge >= 0.3 is 0 Å². The molecule has 5 nitrogen and oxygen atoms in total. The maximum absolute atomic E-state index is 12.5. The fraction of sp³-hybridized carbons (Fsp3) is 0.632. The second-order valence-corrected chi connectivity index (χ2v) is 7.39. The van der Waals surface area contributed by atoms with E-state index in [1.807, 2.05) is 18.2 Å². The third-order valence-electron chi connectivity index (χ3n) is 5.00. The van der Waals surface area contributed by atoms with Crippen LogP contribution in [0.1, 0.15) is 18.4 Å². The van der Waals surface area contributed by atoms with Gasteiger partial charge < -0.3 is 10.1 Å². The minimum Gasteiger partial charge on any atom is -0.379 e. The predicted molar refractivity (Wildman–Crippen MR) is 99.7 cm³/mol. The molecule has 1 aromatic rings. The minimum atomic E-state index is 0.0950. The molecule has 3 rings (SSSR count). The first kappa shape index (κ1) is 18.6. The first-order chi connectivity index (χ1) is 12.2. The van der Waals surface area contributed by atoms with E-state index in [1.165, 1.54) is 5.56 Å². The Morgan fingerprint density at radius 2 is 2.08 bits per heavy atom. The SMILES string of the molecule is O=C(NCCN1CCOCC1)C1CCCN(Cc2cccc(Cl)c2)C1. The van der Waals surface area contributed by atoms with Gasteiger partial charge in [0.15, 0.2) is 0 Å². The van der Waals surface area contributed by atoms with E-state index in [2.05, 4.69) is 21.2 Å². The largest absolute Gasteiger partial charge is 0.379 e. The van der Waals surface area contributed by atoms with Gasteiger partial charge in [0.05, 0.1) is 19.1 Å². The molecule has 0 saturated carbocycles. The highest BCUT2D eigenvalue weighted by atomic mass is 35.5. The van der Waals surface area contributed by atoms with Crippen molar-refractivity contribution in [1.82, 2.24) is 15.1 Å². The number of hydrogen-bond acceptors (Lipinski definition) is 4. The molecule has 2 aliphatic heterocycles. The van der Waals surface area contributed by atoms with Crippen molar-refractivity contribution in [2.75, 3.05) is 52.5 Å². The molecule has 0 bridgehead atoms. The molecule has 0 spiro atoms. The number of carbonyl (C=O) groups is 1. The van der Waals surface area contributed by atoms with Gasteiger partial charge in [0.1, 0.15) is 0 Å². The molecule has 2 fully saturated rings. The van der Waals surface area contributed by atoms with Crippen LogP contribution in [0.15, 0.2) is 24.3 Å². The van der Waals surface area contributed by atoms with E-state index in [0.29, 0.717) is 0 Å². The van der Waals surface area contributed by atoms with E-state index >= 15 is 0 Å². The molecule has 6 heteroatoms. The highest BCUT2D eigenvalue weighted by Crippen LogP contribution is 2.20. The van der Waals surface area contributed by atoms with Crippen molar-refractivity contribution in [3.8, 4) is 0 Å². The molecule has 25 heavy (non-hydrogen) atoms. The molecule has 2 heterocycles. The van der Waals surface area contributed by atoms with Gasteiger partial charge in [0.25, 0.3) is 0 Å². The van der Waals surface area contributed by atoms with Gasteiger partial charge in [-0.3, -0.25) is 14.6 Å². The van der Waals surface area contributed by atoms with Gasteiger partial charge in [-0.15, -0.1) is 0 Å². The fourth-order valence-corrected chi connectivity index (χ4v) is 3.83. The third kappa shape index (κ3) is 5.96. The Morgan fingerprint density at radius 3 is 2.88 bits per heavy atom. The molecule has 138 valence electrons. The monoisotopic (exact) mass is 365 g/mol. The maximum atomic E-state index is 12.5. The number of benzene rings is 1. The van der Waals surface area contributed by atoms with Gasteiger partial charge in [0.2, 0.25) is 5.91 Å². The van der Waals surface area contributed by atoms with Gasteiger partial charge in [-0.25, -0.2) is 0 Å². The first-order valence-corrected chi connectivity index (χ1v) is 9.63. The van der Waals surface area contributed by atoms with E-state index in [1.54, 1.807) is 0 Å².